The standard InChI is InChI=1S/C14H16BrNO4/c15-10-3-2-9(6-11(10)17)13(20)16-8-14(4-1-5-14)7-12(18)19/h2-3,6,17H,1,4-5,7-8H2,(H,16,20)(H,18,19). The molecule has 1 fully saturated rings. The van der Waals surface area contributed by atoms with E-state index in [1.54, 1.807) is 12.1 Å². The fourth-order valence-corrected chi connectivity index (χ4v) is 2.68. The number of carboxylic acids is 1. The van der Waals surface area contributed by atoms with Gasteiger partial charge in [0.2, 0.25) is 0 Å². The number of carbonyl (C=O) groups excluding carboxylic acids is 1. The van der Waals surface area contributed by atoms with Crippen molar-refractivity contribution >= 4 is 27.8 Å². The quantitative estimate of drug-likeness (QED) is 0.767. The highest BCUT2D eigenvalue weighted by Crippen LogP contribution is 2.43. The topological polar surface area (TPSA) is 86.6 Å². The van der Waals surface area contributed by atoms with Gasteiger partial charge in [0.15, 0.2) is 0 Å². The lowest BCUT2D eigenvalue weighted by atomic mass is 9.66. The molecule has 3 N–H and O–H groups in total. The number of halogens is 1. The Morgan fingerprint density at radius 2 is 2.05 bits per heavy atom. The smallest absolute Gasteiger partial charge is 0.303 e. The zero-order valence-corrected chi connectivity index (χ0v) is 12.4. The van der Waals surface area contributed by atoms with Crippen molar-refractivity contribution in [3.8, 4) is 5.75 Å². The van der Waals surface area contributed by atoms with Gasteiger partial charge in [0.05, 0.1) is 10.9 Å². The van der Waals surface area contributed by atoms with Gasteiger partial charge in [-0.15, -0.1) is 0 Å². The fraction of sp³-hybridized carbons (Fsp3) is 0.429. The molecule has 108 valence electrons. The highest BCUT2D eigenvalue weighted by molar-refractivity contribution is 9.10. The second-order valence-electron chi connectivity index (χ2n) is 5.27. The maximum atomic E-state index is 12.0. The third-order valence-electron chi connectivity index (χ3n) is 3.77. The number of aliphatic carboxylic acids is 1. The molecular formula is C14H16BrNO4. The number of aromatic hydroxyl groups is 1. The zero-order valence-electron chi connectivity index (χ0n) is 10.9. The minimum absolute atomic E-state index is 0.00143. The second-order valence-corrected chi connectivity index (χ2v) is 6.13. The number of hydrogen-bond acceptors (Lipinski definition) is 3. The summed E-state index contributed by atoms with van der Waals surface area (Å²) in [6.07, 6.45) is 2.73. The first-order chi connectivity index (χ1) is 9.42. The highest BCUT2D eigenvalue weighted by atomic mass is 79.9. The number of phenols is 1. The van der Waals surface area contributed by atoms with Crippen LogP contribution in [0.5, 0.6) is 5.75 Å². The Morgan fingerprint density at radius 3 is 2.55 bits per heavy atom. The predicted octanol–water partition coefficient (Wildman–Crippen LogP) is 2.53. The molecule has 0 unspecified atom stereocenters. The molecule has 0 atom stereocenters. The van der Waals surface area contributed by atoms with Crippen LogP contribution in [0, 0.1) is 5.41 Å². The van der Waals surface area contributed by atoms with Gasteiger partial charge in [0.1, 0.15) is 5.75 Å². The van der Waals surface area contributed by atoms with Crippen LogP contribution in [0.15, 0.2) is 22.7 Å². The number of rotatable bonds is 5. The van der Waals surface area contributed by atoms with Gasteiger partial charge in [-0.05, 0) is 52.4 Å². The Bertz CT molecular complexity index is 540. The van der Waals surface area contributed by atoms with E-state index in [0.29, 0.717) is 16.6 Å². The molecule has 0 radical (unpaired) electrons. The molecule has 0 bridgehead atoms. The van der Waals surface area contributed by atoms with Crippen LogP contribution in [-0.4, -0.2) is 28.6 Å². The fourth-order valence-electron chi connectivity index (χ4n) is 2.44. The summed E-state index contributed by atoms with van der Waals surface area (Å²) < 4.78 is 0.524. The molecule has 1 aliphatic rings. The Morgan fingerprint density at radius 1 is 1.35 bits per heavy atom. The third kappa shape index (κ3) is 3.30. The van der Waals surface area contributed by atoms with Crippen molar-refractivity contribution in [2.75, 3.05) is 6.54 Å². The third-order valence-corrected chi connectivity index (χ3v) is 4.44. The monoisotopic (exact) mass is 341 g/mol. The molecule has 20 heavy (non-hydrogen) atoms. The molecule has 6 heteroatoms. The highest BCUT2D eigenvalue weighted by Gasteiger charge is 2.39. The number of nitrogens with one attached hydrogen (secondary N) is 1. The summed E-state index contributed by atoms with van der Waals surface area (Å²) in [4.78, 5) is 22.8. The van der Waals surface area contributed by atoms with E-state index in [2.05, 4.69) is 21.2 Å². The summed E-state index contributed by atoms with van der Waals surface area (Å²) in [5.41, 5.74) is 0.0503. The molecule has 1 aromatic rings. The summed E-state index contributed by atoms with van der Waals surface area (Å²) >= 11 is 3.15. The van der Waals surface area contributed by atoms with Crippen LogP contribution in [0.2, 0.25) is 0 Å². The van der Waals surface area contributed by atoms with E-state index in [1.807, 2.05) is 0 Å². The van der Waals surface area contributed by atoms with Crippen LogP contribution < -0.4 is 5.32 Å². The van der Waals surface area contributed by atoms with E-state index in [-0.39, 0.29) is 23.5 Å². The Labute approximate surface area is 125 Å². The number of carbonyl (C=O) groups is 2. The molecule has 2 rings (SSSR count). The van der Waals surface area contributed by atoms with Crippen molar-refractivity contribution in [3.05, 3.63) is 28.2 Å². The SMILES string of the molecule is O=C(O)CC1(CNC(=O)c2ccc(Br)c(O)c2)CCC1. The van der Waals surface area contributed by atoms with Gasteiger partial charge in [-0.25, -0.2) is 0 Å². The Hall–Kier alpha value is -1.56. The lowest BCUT2D eigenvalue weighted by Gasteiger charge is -2.40. The van der Waals surface area contributed by atoms with Crippen molar-refractivity contribution in [1.82, 2.24) is 5.32 Å². The first kappa shape index (κ1) is 14.8. The van der Waals surface area contributed by atoms with Crippen LogP contribution in [0.3, 0.4) is 0 Å². The number of amides is 1. The van der Waals surface area contributed by atoms with E-state index in [0.717, 1.165) is 19.3 Å². The minimum atomic E-state index is -0.833. The molecule has 0 aromatic heterocycles. The van der Waals surface area contributed by atoms with Crippen molar-refractivity contribution in [2.24, 2.45) is 5.41 Å². The van der Waals surface area contributed by atoms with Crippen LogP contribution in [0.4, 0.5) is 0 Å². The molecule has 0 heterocycles. The predicted molar refractivity (Wildman–Crippen MR) is 76.7 cm³/mol. The maximum Gasteiger partial charge on any atom is 0.303 e. The van der Waals surface area contributed by atoms with Gasteiger partial charge in [-0.1, -0.05) is 6.42 Å². The minimum Gasteiger partial charge on any atom is -0.507 e. The van der Waals surface area contributed by atoms with Gasteiger partial charge in [-0.3, -0.25) is 9.59 Å². The largest absolute Gasteiger partial charge is 0.507 e. The average molecular weight is 342 g/mol. The van der Waals surface area contributed by atoms with Gasteiger partial charge in [0, 0.05) is 12.1 Å². The van der Waals surface area contributed by atoms with Crippen molar-refractivity contribution in [1.29, 1.82) is 0 Å². The number of hydrogen-bond donors (Lipinski definition) is 3. The number of carboxylic acid groups (broad SMARTS) is 1. The van der Waals surface area contributed by atoms with Gasteiger partial charge in [0.25, 0.3) is 5.91 Å². The van der Waals surface area contributed by atoms with Crippen molar-refractivity contribution < 1.29 is 19.8 Å². The zero-order chi connectivity index (χ0) is 14.8. The first-order valence-electron chi connectivity index (χ1n) is 6.40. The van der Waals surface area contributed by atoms with Crippen molar-refractivity contribution in [3.63, 3.8) is 0 Å². The lowest BCUT2D eigenvalue weighted by molar-refractivity contribution is -0.141. The van der Waals surface area contributed by atoms with E-state index >= 15 is 0 Å². The van der Waals surface area contributed by atoms with Crippen LogP contribution in [0.1, 0.15) is 36.0 Å². The van der Waals surface area contributed by atoms with E-state index < -0.39 is 5.97 Å². The van der Waals surface area contributed by atoms with Gasteiger partial charge < -0.3 is 15.5 Å². The summed E-state index contributed by atoms with van der Waals surface area (Å²) in [6, 6.07) is 4.58. The molecule has 1 saturated carbocycles. The average Bonchev–Trinajstić information content (AvgIpc) is 2.35. The molecule has 1 aromatic carbocycles. The van der Waals surface area contributed by atoms with Gasteiger partial charge in [-0.2, -0.15) is 0 Å². The van der Waals surface area contributed by atoms with Crippen molar-refractivity contribution in [2.45, 2.75) is 25.7 Å². The normalized spacial score (nSPS) is 16.2. The summed E-state index contributed by atoms with van der Waals surface area (Å²) in [6.45, 7) is 0.356. The molecular weight excluding hydrogens is 326 g/mol. The summed E-state index contributed by atoms with van der Waals surface area (Å²) in [7, 11) is 0. The molecule has 0 spiro atoms. The van der Waals surface area contributed by atoms with E-state index in [4.69, 9.17) is 5.11 Å². The number of phenolic OH excluding ortho intramolecular Hbond substituents is 1. The Kier molecular flexibility index (Phi) is 4.32. The molecule has 1 aliphatic carbocycles. The maximum absolute atomic E-state index is 12.0. The molecule has 1 amide bonds. The van der Waals surface area contributed by atoms with Crippen LogP contribution in [-0.2, 0) is 4.79 Å². The van der Waals surface area contributed by atoms with Gasteiger partial charge >= 0.3 is 5.97 Å². The van der Waals surface area contributed by atoms with Crippen LogP contribution >= 0.6 is 15.9 Å². The summed E-state index contributed by atoms with van der Waals surface area (Å²) in [5.74, 6) is -1.13. The molecule has 0 saturated heterocycles. The van der Waals surface area contributed by atoms with Crippen LogP contribution in [0.25, 0.3) is 0 Å². The number of benzene rings is 1. The summed E-state index contributed by atoms with van der Waals surface area (Å²) in [5, 5.41) is 21.2. The molecule has 0 aliphatic heterocycles. The molecule has 5 nitrogen and oxygen atoms in total. The second kappa shape index (κ2) is 5.83. The van der Waals surface area contributed by atoms with E-state index in [1.165, 1.54) is 6.07 Å². The lowest BCUT2D eigenvalue weighted by Crippen LogP contribution is -2.43. The Balaban J connectivity index is 1.97. The first-order valence-corrected chi connectivity index (χ1v) is 7.20. The van der Waals surface area contributed by atoms with E-state index in [9.17, 15) is 14.7 Å².